The van der Waals surface area contributed by atoms with Crippen LogP contribution in [0.2, 0.25) is 10.0 Å². The molecule has 19 heteroatoms. The zero-order valence-corrected chi connectivity index (χ0v) is 35.5. The van der Waals surface area contributed by atoms with E-state index < -0.39 is 29.7 Å². The van der Waals surface area contributed by atoms with E-state index >= 15 is 0 Å². The third kappa shape index (κ3) is 8.32. The minimum atomic E-state index is -1.06. The van der Waals surface area contributed by atoms with E-state index in [-0.39, 0.29) is 54.4 Å². The Hall–Kier alpha value is -5.65. The molecule has 17 nitrogen and oxygen atoms in total. The van der Waals surface area contributed by atoms with E-state index in [9.17, 15) is 28.8 Å². The fraction of sp³-hybridized carbons (Fsp3) is 0.465. The van der Waals surface area contributed by atoms with Crippen molar-refractivity contribution in [2.24, 2.45) is 11.8 Å². The van der Waals surface area contributed by atoms with Gasteiger partial charge in [0.1, 0.15) is 17.9 Å². The number of fused-ring (bicyclic) bond motifs is 2. The molecule has 2 aromatic carbocycles. The monoisotopic (exact) mass is 883 g/mol. The van der Waals surface area contributed by atoms with Gasteiger partial charge in [-0.3, -0.25) is 39.0 Å². The number of imidazole rings is 1. The Morgan fingerprint density at radius 3 is 2.29 bits per heavy atom. The number of aromatic nitrogens is 4. The van der Waals surface area contributed by atoms with Crippen LogP contribution in [-0.4, -0.2) is 128 Å². The Morgan fingerprint density at radius 1 is 0.823 bits per heavy atom. The molecule has 2 aromatic heterocycles. The first-order chi connectivity index (χ1) is 30.0. The molecule has 4 aromatic rings. The Kier molecular flexibility index (Phi) is 11.8. The number of nitrogens with zero attached hydrogens (tertiary/aromatic N) is 7. The number of carbonyl (C=O) groups excluding carboxylic acids is 6. The van der Waals surface area contributed by atoms with E-state index in [1.807, 2.05) is 4.90 Å². The van der Waals surface area contributed by atoms with Gasteiger partial charge in [0.25, 0.3) is 17.7 Å². The van der Waals surface area contributed by atoms with Crippen LogP contribution < -0.4 is 21.3 Å². The lowest BCUT2D eigenvalue weighted by molar-refractivity contribution is -0.136. The molecule has 5 aliphatic rings. The van der Waals surface area contributed by atoms with E-state index in [1.54, 1.807) is 43.0 Å². The number of carbonyl (C=O) groups is 6. The molecule has 324 valence electrons. The lowest BCUT2D eigenvalue weighted by Crippen LogP contribution is -2.54. The average molecular weight is 885 g/mol. The summed E-state index contributed by atoms with van der Waals surface area (Å²) < 4.78 is 2.06. The third-order valence-corrected chi connectivity index (χ3v) is 13.7. The summed E-state index contributed by atoms with van der Waals surface area (Å²) in [6.07, 6.45) is 8.91. The van der Waals surface area contributed by atoms with Crippen molar-refractivity contribution in [2.45, 2.75) is 69.5 Å². The van der Waals surface area contributed by atoms with Crippen molar-refractivity contribution in [2.75, 3.05) is 56.4 Å². The summed E-state index contributed by atoms with van der Waals surface area (Å²) in [6, 6.07) is 8.92. The number of rotatable bonds is 12. The average Bonchev–Trinajstić information content (AvgIpc) is 3.79. The molecule has 4 N–H and O–H groups in total. The highest BCUT2D eigenvalue weighted by Gasteiger charge is 2.46. The van der Waals surface area contributed by atoms with Gasteiger partial charge in [0.05, 0.1) is 39.6 Å². The number of halogens is 2. The van der Waals surface area contributed by atoms with E-state index in [4.69, 9.17) is 23.2 Å². The second kappa shape index (κ2) is 17.6. The topological polar surface area (TPSA) is 204 Å². The van der Waals surface area contributed by atoms with Crippen LogP contribution in [-0.2, 0) is 14.4 Å². The van der Waals surface area contributed by atoms with Crippen LogP contribution in [0.15, 0.2) is 49.1 Å². The molecule has 4 aliphatic heterocycles. The highest BCUT2D eigenvalue weighted by Crippen LogP contribution is 2.36. The molecule has 6 heterocycles. The lowest BCUT2D eigenvalue weighted by atomic mass is 9.86. The van der Waals surface area contributed by atoms with Crippen molar-refractivity contribution >= 4 is 81.3 Å². The number of amides is 6. The van der Waals surface area contributed by atoms with Crippen LogP contribution in [0.25, 0.3) is 11.2 Å². The van der Waals surface area contributed by atoms with Gasteiger partial charge in [-0.25, -0.2) is 15.0 Å². The molecule has 0 spiro atoms. The molecule has 0 unspecified atom stereocenters. The zero-order chi connectivity index (χ0) is 43.1. The van der Waals surface area contributed by atoms with Gasteiger partial charge in [0.2, 0.25) is 17.7 Å². The number of nitrogens with one attached hydrogen (secondary N) is 4. The number of anilines is 2. The van der Waals surface area contributed by atoms with E-state index in [0.717, 1.165) is 86.6 Å². The maximum atomic E-state index is 13.4. The molecule has 0 bridgehead atoms. The predicted octanol–water partition coefficient (Wildman–Crippen LogP) is 4.14. The Balaban J connectivity index is 0.693. The highest BCUT2D eigenvalue weighted by molar-refractivity contribution is 6.39. The fourth-order valence-corrected chi connectivity index (χ4v) is 10.0. The smallest absolute Gasteiger partial charge is 0.264 e. The first-order valence-electron chi connectivity index (χ1n) is 21.3. The van der Waals surface area contributed by atoms with E-state index in [2.05, 4.69) is 45.7 Å². The molecular formula is C43H47Cl2N11O6. The van der Waals surface area contributed by atoms with Crippen molar-refractivity contribution in [3.63, 3.8) is 0 Å². The van der Waals surface area contributed by atoms with Crippen LogP contribution in [0.1, 0.15) is 88.5 Å². The summed E-state index contributed by atoms with van der Waals surface area (Å²) in [6.45, 7) is 5.08. The number of hydrogen-bond acceptors (Lipinski definition) is 12. The van der Waals surface area contributed by atoms with Gasteiger partial charge in [-0.1, -0.05) is 35.3 Å². The van der Waals surface area contributed by atoms with Gasteiger partial charge in [-0.05, 0) is 94.1 Å². The van der Waals surface area contributed by atoms with Crippen LogP contribution in [0.4, 0.5) is 11.5 Å². The summed E-state index contributed by atoms with van der Waals surface area (Å²) >= 11 is 12.5. The van der Waals surface area contributed by atoms with Crippen LogP contribution in [0, 0.1) is 11.8 Å². The zero-order valence-electron chi connectivity index (χ0n) is 33.9. The standard InChI is InChI=1S/C43H47Cl2N11O6/c44-29-4-2-5-30(45)36(29)41(60)51-26-17-27(18-26)55-23-50-37-38(48-22-49-39(37)55)47-19-24-9-13-53(14-10-24)21-25-11-15-54(16-12-25)34(58)20-46-31-6-1-3-28-35(31)43(62)56(42(28)61)32-7-8-33(57)52-40(32)59/h1-6,22-27,32,46H,7-21H2,(H,51,60)(H,47,48,49)(H,52,57,59)/t26?,27?,32-/m0/s1. The minimum Gasteiger partial charge on any atom is -0.375 e. The van der Waals surface area contributed by atoms with Gasteiger partial charge in [-0.15, -0.1) is 0 Å². The number of hydrogen-bond donors (Lipinski definition) is 4. The molecule has 3 saturated heterocycles. The maximum absolute atomic E-state index is 13.4. The molecule has 0 radical (unpaired) electrons. The van der Waals surface area contributed by atoms with Gasteiger partial charge in [0, 0.05) is 50.4 Å². The van der Waals surface area contributed by atoms with Crippen LogP contribution in [0.5, 0.6) is 0 Å². The van der Waals surface area contributed by atoms with Gasteiger partial charge in [-0.2, -0.15) is 0 Å². The summed E-state index contributed by atoms with van der Waals surface area (Å²) in [4.78, 5) is 95.9. The quantitative estimate of drug-likeness (QED) is 0.148. The van der Waals surface area contributed by atoms with Crippen molar-refractivity contribution in [3.8, 4) is 0 Å². The normalized spacial score (nSPS) is 22.4. The Bertz CT molecular complexity index is 2420. The summed E-state index contributed by atoms with van der Waals surface area (Å²) in [7, 11) is 0. The van der Waals surface area contributed by atoms with Crippen molar-refractivity contribution in [3.05, 3.63) is 75.8 Å². The minimum absolute atomic E-state index is 0.00944. The predicted molar refractivity (Wildman–Crippen MR) is 230 cm³/mol. The van der Waals surface area contributed by atoms with Crippen molar-refractivity contribution in [1.82, 2.24) is 44.9 Å². The highest BCUT2D eigenvalue weighted by atomic mass is 35.5. The Labute approximate surface area is 367 Å². The molecule has 4 fully saturated rings. The second-order valence-corrected chi connectivity index (χ2v) is 17.7. The number of imide groups is 2. The molecule has 62 heavy (non-hydrogen) atoms. The molecule has 6 amide bonds. The first kappa shape index (κ1) is 41.7. The van der Waals surface area contributed by atoms with Crippen LogP contribution in [0.3, 0.4) is 0 Å². The third-order valence-electron chi connectivity index (χ3n) is 13.0. The molecule has 9 rings (SSSR count). The summed E-state index contributed by atoms with van der Waals surface area (Å²) in [5.41, 5.74) is 2.45. The van der Waals surface area contributed by atoms with Crippen molar-refractivity contribution < 1.29 is 28.8 Å². The molecule has 1 aliphatic carbocycles. The van der Waals surface area contributed by atoms with Gasteiger partial charge >= 0.3 is 0 Å². The number of piperidine rings is 3. The largest absolute Gasteiger partial charge is 0.375 e. The molecular weight excluding hydrogens is 837 g/mol. The summed E-state index contributed by atoms with van der Waals surface area (Å²) in [5, 5.41) is 12.5. The number of likely N-dealkylation sites (tertiary alicyclic amines) is 2. The first-order valence-corrected chi connectivity index (χ1v) is 22.0. The SMILES string of the molecule is O=C1CC[C@H](N2C(=O)c3cccc(NCC(=O)N4CCC(CN5CCC(CNc6ncnc7c6ncn7C6CC(NC(=O)c7c(Cl)cccc7Cl)C6)CC5)CC4)c3C2=O)C(=O)N1. The van der Waals surface area contributed by atoms with Crippen molar-refractivity contribution in [1.29, 1.82) is 0 Å². The maximum Gasteiger partial charge on any atom is 0.264 e. The van der Waals surface area contributed by atoms with Gasteiger partial charge < -0.3 is 30.3 Å². The molecule has 1 atom stereocenters. The molecule has 1 saturated carbocycles. The number of benzene rings is 2. The second-order valence-electron chi connectivity index (χ2n) is 16.9. The summed E-state index contributed by atoms with van der Waals surface area (Å²) in [5.74, 6) is -0.950. The fourth-order valence-electron chi connectivity index (χ4n) is 9.44. The van der Waals surface area contributed by atoms with E-state index in [1.165, 1.54) is 6.07 Å². The Morgan fingerprint density at radius 2 is 1.55 bits per heavy atom. The lowest BCUT2D eigenvalue weighted by Gasteiger charge is -2.38. The van der Waals surface area contributed by atoms with E-state index in [0.29, 0.717) is 46.2 Å². The van der Waals surface area contributed by atoms with Gasteiger partial charge in [0.15, 0.2) is 11.5 Å². The van der Waals surface area contributed by atoms with Crippen LogP contribution >= 0.6 is 23.2 Å².